The summed E-state index contributed by atoms with van der Waals surface area (Å²) in [5.74, 6) is 0.591. The first-order valence-electron chi connectivity index (χ1n) is 6.10. The number of hydrogen-bond donors (Lipinski definition) is 2. The minimum absolute atomic E-state index is 0.324. The van der Waals surface area contributed by atoms with E-state index in [4.69, 9.17) is 10.5 Å². The third-order valence-electron chi connectivity index (χ3n) is 2.22. The second-order valence-corrected chi connectivity index (χ2v) is 5.13. The monoisotopic (exact) mass is 254 g/mol. The molecule has 18 heavy (non-hydrogen) atoms. The van der Waals surface area contributed by atoms with Crippen LogP contribution in [0.1, 0.15) is 39.7 Å². The fraction of sp³-hybridized carbons (Fsp3) is 0.667. The van der Waals surface area contributed by atoms with Crippen LogP contribution >= 0.6 is 0 Å². The van der Waals surface area contributed by atoms with Crippen molar-refractivity contribution in [1.82, 2.24) is 15.1 Å². The summed E-state index contributed by atoms with van der Waals surface area (Å²) in [6.07, 6.45) is 2.18. The van der Waals surface area contributed by atoms with Gasteiger partial charge in [-0.15, -0.1) is 0 Å². The van der Waals surface area contributed by atoms with E-state index in [1.807, 2.05) is 20.8 Å². The van der Waals surface area contributed by atoms with Gasteiger partial charge in [0, 0.05) is 12.1 Å². The number of ether oxygens (including phenoxy) is 1. The molecule has 0 aromatic carbocycles. The van der Waals surface area contributed by atoms with Gasteiger partial charge in [0.15, 0.2) is 0 Å². The van der Waals surface area contributed by atoms with Gasteiger partial charge in [0.2, 0.25) is 0 Å². The predicted molar refractivity (Wildman–Crippen MR) is 70.0 cm³/mol. The molecule has 0 aliphatic carbocycles. The van der Waals surface area contributed by atoms with Crippen molar-refractivity contribution in [2.45, 2.75) is 52.8 Å². The van der Waals surface area contributed by atoms with Gasteiger partial charge < -0.3 is 15.8 Å². The zero-order valence-electron chi connectivity index (χ0n) is 11.5. The van der Waals surface area contributed by atoms with Gasteiger partial charge in [-0.05, 0) is 27.2 Å². The molecule has 0 aliphatic rings. The summed E-state index contributed by atoms with van der Waals surface area (Å²) >= 11 is 0. The minimum atomic E-state index is -0.498. The number of nitrogens with one attached hydrogen (secondary N) is 1. The van der Waals surface area contributed by atoms with E-state index in [-0.39, 0.29) is 0 Å². The maximum atomic E-state index is 11.5. The maximum absolute atomic E-state index is 11.5. The predicted octanol–water partition coefficient (Wildman–Crippen LogP) is 1.90. The van der Waals surface area contributed by atoms with Gasteiger partial charge in [-0.1, -0.05) is 6.92 Å². The van der Waals surface area contributed by atoms with Crippen LogP contribution in [-0.2, 0) is 17.8 Å². The smallest absolute Gasteiger partial charge is 0.407 e. The molecule has 3 N–H and O–H groups in total. The lowest BCUT2D eigenvalue weighted by atomic mass is 10.2. The maximum Gasteiger partial charge on any atom is 0.407 e. The lowest BCUT2D eigenvalue weighted by Gasteiger charge is -2.19. The largest absolute Gasteiger partial charge is 0.444 e. The number of aromatic nitrogens is 2. The number of carbonyl (C=O) groups is 1. The Balaban J connectivity index is 2.51. The highest BCUT2D eigenvalue weighted by Gasteiger charge is 2.16. The molecule has 0 bridgehead atoms. The van der Waals surface area contributed by atoms with Crippen molar-refractivity contribution in [3.63, 3.8) is 0 Å². The Kier molecular flexibility index (Phi) is 4.58. The summed E-state index contributed by atoms with van der Waals surface area (Å²) in [7, 11) is 0. The second kappa shape index (κ2) is 5.75. The van der Waals surface area contributed by atoms with Gasteiger partial charge in [-0.2, -0.15) is 5.10 Å². The Bertz CT molecular complexity index is 407. The molecule has 0 saturated carbocycles. The Morgan fingerprint density at radius 2 is 2.22 bits per heavy atom. The van der Waals surface area contributed by atoms with E-state index in [2.05, 4.69) is 17.3 Å². The molecule has 102 valence electrons. The SMILES string of the molecule is CCCn1ncc(CNC(=O)OC(C)(C)C)c1N. The van der Waals surface area contributed by atoms with Crippen LogP contribution in [0.25, 0.3) is 0 Å². The first-order chi connectivity index (χ1) is 8.33. The molecule has 1 heterocycles. The van der Waals surface area contributed by atoms with Gasteiger partial charge in [-0.25, -0.2) is 9.48 Å². The standard InChI is InChI=1S/C12H22N4O2/c1-5-6-16-10(13)9(8-15-16)7-14-11(17)18-12(2,3)4/h8H,5-7,13H2,1-4H3,(H,14,17). The molecule has 1 aromatic heterocycles. The number of nitrogen functional groups attached to an aromatic ring is 1. The van der Waals surface area contributed by atoms with E-state index < -0.39 is 11.7 Å². The number of nitrogens with zero attached hydrogens (tertiary/aromatic N) is 2. The van der Waals surface area contributed by atoms with Gasteiger partial charge in [0.25, 0.3) is 0 Å². The number of amides is 1. The fourth-order valence-corrected chi connectivity index (χ4v) is 1.44. The van der Waals surface area contributed by atoms with E-state index in [0.29, 0.717) is 12.4 Å². The molecule has 6 heteroatoms. The van der Waals surface area contributed by atoms with Crippen LogP contribution in [0.3, 0.4) is 0 Å². The summed E-state index contributed by atoms with van der Waals surface area (Å²) in [6, 6.07) is 0. The molecular formula is C12H22N4O2. The average molecular weight is 254 g/mol. The first kappa shape index (κ1) is 14.3. The Morgan fingerprint density at radius 1 is 1.56 bits per heavy atom. The van der Waals surface area contributed by atoms with Crippen molar-refractivity contribution in [3.05, 3.63) is 11.8 Å². The van der Waals surface area contributed by atoms with Gasteiger partial charge in [0.1, 0.15) is 11.4 Å². The van der Waals surface area contributed by atoms with Crippen LogP contribution in [0.2, 0.25) is 0 Å². The molecule has 0 spiro atoms. The van der Waals surface area contributed by atoms with E-state index in [1.165, 1.54) is 0 Å². The number of rotatable bonds is 4. The molecule has 0 atom stereocenters. The van der Waals surface area contributed by atoms with Crippen LogP contribution in [0.15, 0.2) is 6.20 Å². The van der Waals surface area contributed by atoms with Crippen molar-refractivity contribution >= 4 is 11.9 Å². The highest BCUT2D eigenvalue weighted by molar-refractivity contribution is 5.67. The minimum Gasteiger partial charge on any atom is -0.444 e. The van der Waals surface area contributed by atoms with Gasteiger partial charge in [0.05, 0.1) is 12.7 Å². The van der Waals surface area contributed by atoms with Crippen LogP contribution in [0.4, 0.5) is 10.6 Å². The Morgan fingerprint density at radius 3 is 2.78 bits per heavy atom. The summed E-state index contributed by atoms with van der Waals surface area (Å²) in [4.78, 5) is 11.5. The highest BCUT2D eigenvalue weighted by atomic mass is 16.6. The molecule has 6 nitrogen and oxygen atoms in total. The van der Waals surface area contributed by atoms with Crippen molar-refractivity contribution in [1.29, 1.82) is 0 Å². The quantitative estimate of drug-likeness (QED) is 0.859. The van der Waals surface area contributed by atoms with E-state index >= 15 is 0 Å². The second-order valence-electron chi connectivity index (χ2n) is 5.13. The average Bonchev–Trinajstić information content (AvgIpc) is 2.56. The molecule has 0 unspecified atom stereocenters. The summed E-state index contributed by atoms with van der Waals surface area (Å²) in [5.41, 5.74) is 6.21. The first-order valence-corrected chi connectivity index (χ1v) is 6.10. The van der Waals surface area contributed by atoms with Gasteiger partial charge in [-0.3, -0.25) is 0 Å². The summed E-state index contributed by atoms with van der Waals surface area (Å²) < 4.78 is 6.86. The molecule has 1 aromatic rings. The Labute approximate surface area is 107 Å². The molecule has 1 rings (SSSR count). The molecule has 0 saturated heterocycles. The van der Waals surface area contributed by atoms with Crippen molar-refractivity contribution in [2.75, 3.05) is 5.73 Å². The van der Waals surface area contributed by atoms with E-state index in [9.17, 15) is 4.79 Å². The Hall–Kier alpha value is -1.72. The number of aryl methyl sites for hydroxylation is 1. The highest BCUT2D eigenvalue weighted by Crippen LogP contribution is 2.12. The third-order valence-corrected chi connectivity index (χ3v) is 2.22. The number of anilines is 1. The van der Waals surface area contributed by atoms with Gasteiger partial charge >= 0.3 is 6.09 Å². The topological polar surface area (TPSA) is 82.2 Å². The fourth-order valence-electron chi connectivity index (χ4n) is 1.44. The molecular weight excluding hydrogens is 232 g/mol. The van der Waals surface area contributed by atoms with Crippen LogP contribution in [0.5, 0.6) is 0 Å². The molecule has 0 fully saturated rings. The third kappa shape index (κ3) is 4.27. The number of nitrogens with two attached hydrogens (primary N) is 1. The molecule has 0 radical (unpaired) electrons. The van der Waals surface area contributed by atoms with Crippen molar-refractivity contribution in [2.24, 2.45) is 0 Å². The van der Waals surface area contributed by atoms with Crippen LogP contribution in [0, 0.1) is 0 Å². The summed E-state index contributed by atoms with van der Waals surface area (Å²) in [6.45, 7) is 8.61. The van der Waals surface area contributed by atoms with Crippen LogP contribution in [-0.4, -0.2) is 21.5 Å². The number of alkyl carbamates (subject to hydrolysis) is 1. The zero-order valence-corrected chi connectivity index (χ0v) is 11.5. The lowest BCUT2D eigenvalue weighted by Crippen LogP contribution is -2.32. The zero-order chi connectivity index (χ0) is 13.8. The molecule has 1 amide bonds. The van der Waals surface area contributed by atoms with Crippen molar-refractivity contribution < 1.29 is 9.53 Å². The number of carbonyl (C=O) groups excluding carboxylic acids is 1. The number of hydrogen-bond acceptors (Lipinski definition) is 4. The summed E-state index contributed by atoms with van der Waals surface area (Å²) in [5, 5.41) is 6.81. The molecule has 0 aliphatic heterocycles. The van der Waals surface area contributed by atoms with Crippen LogP contribution < -0.4 is 11.1 Å². The lowest BCUT2D eigenvalue weighted by molar-refractivity contribution is 0.0523. The van der Waals surface area contributed by atoms with E-state index in [0.717, 1.165) is 18.5 Å². The van der Waals surface area contributed by atoms with Crippen molar-refractivity contribution in [3.8, 4) is 0 Å². The normalized spacial score (nSPS) is 11.3. The van der Waals surface area contributed by atoms with E-state index in [1.54, 1.807) is 10.9 Å².